The zero-order chi connectivity index (χ0) is 13.7. The maximum Gasteiger partial charge on any atom is 0.338 e. The zero-order valence-electron chi connectivity index (χ0n) is 9.72. The number of thioether (sulfide) groups is 1. The first-order valence-electron chi connectivity index (χ1n) is 5.38. The van der Waals surface area contributed by atoms with Crippen LogP contribution in [-0.2, 0) is 4.79 Å². The summed E-state index contributed by atoms with van der Waals surface area (Å²) in [5, 5.41) is 17.1. The Morgan fingerprint density at radius 2 is 2.06 bits per heavy atom. The zero-order valence-corrected chi connectivity index (χ0v) is 10.5. The summed E-state index contributed by atoms with van der Waals surface area (Å²) in [5.41, 5.74) is -0.444. The largest absolute Gasteiger partial charge is 0.480 e. The second kappa shape index (κ2) is 6.39. The summed E-state index contributed by atoms with van der Waals surface area (Å²) in [6.45, 7) is 1.86. The van der Waals surface area contributed by atoms with Crippen molar-refractivity contribution < 1.29 is 24.2 Å². The Hall–Kier alpha value is -1.56. The molecule has 18 heavy (non-hydrogen) atoms. The van der Waals surface area contributed by atoms with Gasteiger partial charge in [0.05, 0.1) is 5.56 Å². The molecule has 0 bridgehead atoms. The quantitative estimate of drug-likeness (QED) is 0.779. The van der Waals surface area contributed by atoms with Gasteiger partial charge in [0.2, 0.25) is 0 Å². The van der Waals surface area contributed by atoms with E-state index in [1.807, 2.05) is 6.92 Å². The van der Waals surface area contributed by atoms with Crippen molar-refractivity contribution in [3.8, 4) is 0 Å². The second-order valence-corrected chi connectivity index (χ2v) is 4.96. The fourth-order valence-corrected chi connectivity index (χ4v) is 2.52. The molecule has 0 radical (unpaired) electrons. The van der Waals surface area contributed by atoms with Gasteiger partial charge in [-0.1, -0.05) is 13.3 Å². The Bertz CT molecular complexity index is 461. The van der Waals surface area contributed by atoms with Crippen LogP contribution in [-0.4, -0.2) is 27.4 Å². The van der Waals surface area contributed by atoms with E-state index in [4.69, 9.17) is 10.2 Å². The van der Waals surface area contributed by atoms with E-state index in [2.05, 4.69) is 0 Å². The number of carboxylic acid groups (broad SMARTS) is 2. The van der Waals surface area contributed by atoms with Crippen LogP contribution in [0, 0.1) is 5.82 Å². The van der Waals surface area contributed by atoms with E-state index in [-0.39, 0.29) is 0 Å². The molecule has 0 aliphatic heterocycles. The van der Waals surface area contributed by atoms with Crippen LogP contribution >= 0.6 is 11.8 Å². The summed E-state index contributed by atoms with van der Waals surface area (Å²) < 4.78 is 13.2. The number of benzene rings is 1. The molecular weight excluding hydrogens is 259 g/mol. The molecule has 6 heteroatoms. The van der Waals surface area contributed by atoms with Gasteiger partial charge in [0.15, 0.2) is 0 Å². The average molecular weight is 272 g/mol. The molecule has 0 heterocycles. The lowest BCUT2D eigenvalue weighted by molar-refractivity contribution is -0.136. The highest BCUT2D eigenvalue weighted by molar-refractivity contribution is 8.00. The van der Waals surface area contributed by atoms with Crippen LogP contribution in [0.4, 0.5) is 4.39 Å². The third-order valence-corrected chi connectivity index (χ3v) is 3.52. The maximum atomic E-state index is 13.2. The van der Waals surface area contributed by atoms with Crippen LogP contribution in [0.1, 0.15) is 30.1 Å². The van der Waals surface area contributed by atoms with Crippen LogP contribution in [0.5, 0.6) is 0 Å². The molecule has 0 fully saturated rings. The van der Waals surface area contributed by atoms with Crippen molar-refractivity contribution in [1.82, 2.24) is 0 Å². The van der Waals surface area contributed by atoms with Gasteiger partial charge < -0.3 is 10.2 Å². The van der Waals surface area contributed by atoms with Crippen molar-refractivity contribution in [3.05, 3.63) is 29.6 Å². The van der Waals surface area contributed by atoms with Gasteiger partial charge in [-0.3, -0.25) is 4.79 Å². The fraction of sp³-hybridized carbons (Fsp3) is 0.333. The molecule has 0 spiro atoms. The van der Waals surface area contributed by atoms with Crippen molar-refractivity contribution in [3.63, 3.8) is 0 Å². The highest BCUT2D eigenvalue weighted by atomic mass is 32.2. The third kappa shape index (κ3) is 3.73. The van der Waals surface area contributed by atoms with Crippen molar-refractivity contribution in [2.45, 2.75) is 29.9 Å². The molecule has 0 saturated heterocycles. The van der Waals surface area contributed by atoms with Crippen LogP contribution < -0.4 is 0 Å². The molecule has 1 rings (SSSR count). The predicted molar refractivity (Wildman–Crippen MR) is 65.5 cm³/mol. The van der Waals surface area contributed by atoms with Gasteiger partial charge in [0.1, 0.15) is 11.1 Å². The third-order valence-electron chi connectivity index (χ3n) is 2.27. The smallest absolute Gasteiger partial charge is 0.338 e. The fourth-order valence-electron chi connectivity index (χ4n) is 1.40. The molecule has 1 aromatic carbocycles. The summed E-state index contributed by atoms with van der Waals surface area (Å²) in [4.78, 5) is 22.2. The maximum absolute atomic E-state index is 13.2. The second-order valence-electron chi connectivity index (χ2n) is 3.68. The van der Waals surface area contributed by atoms with Gasteiger partial charge in [0.25, 0.3) is 0 Å². The minimum atomic E-state index is -1.36. The Balaban J connectivity index is 2.93. The van der Waals surface area contributed by atoms with Crippen molar-refractivity contribution in [2.75, 3.05) is 0 Å². The molecule has 0 aliphatic carbocycles. The molecule has 1 aromatic rings. The van der Waals surface area contributed by atoms with Crippen LogP contribution in [0.2, 0.25) is 0 Å². The summed E-state index contributed by atoms with van der Waals surface area (Å²) >= 11 is 1.03. The lowest BCUT2D eigenvalue weighted by Gasteiger charge is -2.11. The average Bonchev–Trinajstić information content (AvgIpc) is 2.30. The first-order valence-corrected chi connectivity index (χ1v) is 6.26. The Kier molecular flexibility index (Phi) is 5.15. The SMILES string of the molecule is CCCC(Sc1ccc(F)c(C(=O)O)c1)C(=O)O. The number of carboxylic acids is 2. The number of aromatic carboxylic acids is 1. The molecule has 0 saturated carbocycles. The molecule has 0 amide bonds. The van der Waals surface area contributed by atoms with Gasteiger partial charge in [-0.05, 0) is 24.6 Å². The van der Waals surface area contributed by atoms with E-state index >= 15 is 0 Å². The van der Waals surface area contributed by atoms with Crippen molar-refractivity contribution in [1.29, 1.82) is 0 Å². The van der Waals surface area contributed by atoms with Gasteiger partial charge >= 0.3 is 11.9 Å². The minimum absolute atomic E-state index is 0.439. The number of carbonyl (C=O) groups is 2. The Morgan fingerprint density at radius 3 is 2.56 bits per heavy atom. The van der Waals surface area contributed by atoms with Crippen molar-refractivity contribution in [2.24, 2.45) is 0 Å². The summed E-state index contributed by atoms with van der Waals surface area (Å²) in [5.74, 6) is -3.14. The van der Waals surface area contributed by atoms with Crippen molar-refractivity contribution >= 4 is 23.7 Å². The highest BCUT2D eigenvalue weighted by Crippen LogP contribution is 2.28. The number of hydrogen-bond acceptors (Lipinski definition) is 3. The first-order chi connectivity index (χ1) is 8.45. The first kappa shape index (κ1) is 14.5. The number of halogens is 1. The molecule has 4 nitrogen and oxygen atoms in total. The number of aliphatic carboxylic acids is 1. The Morgan fingerprint density at radius 1 is 1.39 bits per heavy atom. The lowest BCUT2D eigenvalue weighted by Crippen LogP contribution is -2.15. The number of hydrogen-bond donors (Lipinski definition) is 2. The normalized spacial score (nSPS) is 12.1. The van der Waals surface area contributed by atoms with E-state index < -0.39 is 28.6 Å². The molecule has 1 unspecified atom stereocenters. The molecule has 1 atom stereocenters. The number of rotatable bonds is 6. The van der Waals surface area contributed by atoms with E-state index in [9.17, 15) is 14.0 Å². The molecule has 2 N–H and O–H groups in total. The van der Waals surface area contributed by atoms with Crippen LogP contribution in [0.3, 0.4) is 0 Å². The van der Waals surface area contributed by atoms with Gasteiger partial charge in [0, 0.05) is 4.90 Å². The summed E-state index contributed by atoms with van der Waals surface area (Å²) in [6, 6.07) is 3.59. The highest BCUT2D eigenvalue weighted by Gasteiger charge is 2.19. The minimum Gasteiger partial charge on any atom is -0.480 e. The molecule has 0 aromatic heterocycles. The monoisotopic (exact) mass is 272 g/mol. The lowest BCUT2D eigenvalue weighted by atomic mass is 10.2. The van der Waals surface area contributed by atoms with Gasteiger partial charge in [-0.15, -0.1) is 11.8 Å². The van der Waals surface area contributed by atoms with Gasteiger partial charge in [-0.2, -0.15) is 0 Å². The summed E-state index contributed by atoms with van der Waals surface area (Å²) in [6.07, 6.45) is 1.18. The molecular formula is C12H13FO4S. The summed E-state index contributed by atoms with van der Waals surface area (Å²) in [7, 11) is 0. The Labute approximate surface area is 108 Å². The standard InChI is InChI=1S/C12H13FO4S/c1-2-3-10(12(16)17)18-7-4-5-9(13)8(6-7)11(14)15/h4-6,10H,2-3H2,1H3,(H,14,15)(H,16,17). The van der Waals surface area contributed by atoms with Crippen LogP contribution in [0.15, 0.2) is 23.1 Å². The van der Waals surface area contributed by atoms with E-state index in [1.165, 1.54) is 6.07 Å². The van der Waals surface area contributed by atoms with Gasteiger partial charge in [-0.25, -0.2) is 9.18 Å². The van der Waals surface area contributed by atoms with E-state index in [1.54, 1.807) is 0 Å². The van der Waals surface area contributed by atoms with E-state index in [0.29, 0.717) is 17.7 Å². The predicted octanol–water partition coefficient (Wildman–Crippen LogP) is 2.87. The molecule has 0 aliphatic rings. The van der Waals surface area contributed by atoms with Crippen LogP contribution in [0.25, 0.3) is 0 Å². The molecule has 98 valence electrons. The van der Waals surface area contributed by atoms with E-state index in [0.717, 1.165) is 23.9 Å². The topological polar surface area (TPSA) is 74.6 Å².